The molecule has 0 saturated heterocycles. The van der Waals surface area contributed by atoms with Crippen molar-refractivity contribution in [1.82, 2.24) is 14.8 Å². The molecule has 0 atom stereocenters. The molecule has 0 bridgehead atoms. The highest BCUT2D eigenvalue weighted by molar-refractivity contribution is 6.01. The topological polar surface area (TPSA) is 77.3 Å². The number of fused-ring (bicyclic) bond motifs is 3. The van der Waals surface area contributed by atoms with Crippen LogP contribution in [0.1, 0.15) is 70.4 Å². The number of carbonyl (C=O) groups is 2. The fourth-order valence-electron chi connectivity index (χ4n) is 4.26. The van der Waals surface area contributed by atoms with E-state index in [1.54, 1.807) is 0 Å². The minimum atomic E-state index is -0.601. The number of hydrogen-bond acceptors (Lipinski definition) is 5. The molecule has 1 amide bonds. The largest absolute Gasteiger partial charge is 0.459 e. The van der Waals surface area contributed by atoms with Crippen LogP contribution in [-0.2, 0) is 20.7 Å². The van der Waals surface area contributed by atoms with E-state index in [4.69, 9.17) is 4.74 Å². The van der Waals surface area contributed by atoms with E-state index < -0.39 is 11.6 Å². The molecule has 1 aliphatic heterocycles. The number of benzene rings is 1. The molecule has 0 N–H and O–H groups in total. The summed E-state index contributed by atoms with van der Waals surface area (Å²) in [5.41, 5.74) is 0.942. The summed E-state index contributed by atoms with van der Waals surface area (Å²) in [7, 11) is 0. The Hall–Kier alpha value is -2.70. The number of esters is 1. The predicted molar refractivity (Wildman–Crippen MR) is 109 cm³/mol. The van der Waals surface area contributed by atoms with Crippen molar-refractivity contribution in [3.05, 3.63) is 35.9 Å². The number of hydrogen-bond donors (Lipinski definition) is 0. The maximum Gasteiger partial charge on any atom is 0.326 e. The summed E-state index contributed by atoms with van der Waals surface area (Å²) >= 11 is 0. The fraction of sp³-hybridized carbons (Fsp3) is 0.545. The second-order valence-corrected chi connectivity index (χ2v) is 8.88. The molecule has 1 saturated carbocycles. The summed E-state index contributed by atoms with van der Waals surface area (Å²) in [6, 6.07) is 7.66. The first kappa shape index (κ1) is 19.6. The zero-order valence-electron chi connectivity index (χ0n) is 17.4. The number of nitrogens with zero attached hydrogens (tertiary/aromatic N) is 4. The predicted octanol–water partition coefficient (Wildman–Crippen LogP) is 3.55. The Morgan fingerprint density at radius 3 is 2.48 bits per heavy atom. The molecule has 1 fully saturated rings. The number of aromatic nitrogens is 3. The Balaban J connectivity index is 1.73. The summed E-state index contributed by atoms with van der Waals surface area (Å²) < 4.78 is 7.49. The summed E-state index contributed by atoms with van der Waals surface area (Å²) in [4.78, 5) is 27.0. The van der Waals surface area contributed by atoms with Gasteiger partial charge in [0.1, 0.15) is 23.8 Å². The third-order valence-corrected chi connectivity index (χ3v) is 5.46. The van der Waals surface area contributed by atoms with E-state index in [9.17, 15) is 9.59 Å². The van der Waals surface area contributed by atoms with Gasteiger partial charge in [-0.05, 0) is 45.7 Å². The maximum absolute atomic E-state index is 13.1. The monoisotopic (exact) mass is 396 g/mol. The normalized spacial score (nSPS) is 17.5. The van der Waals surface area contributed by atoms with E-state index in [2.05, 4.69) is 10.2 Å². The van der Waals surface area contributed by atoms with Crippen molar-refractivity contribution < 1.29 is 14.3 Å². The van der Waals surface area contributed by atoms with Crippen LogP contribution in [0.2, 0.25) is 0 Å². The molecule has 2 aliphatic rings. The SMILES string of the molecule is CC(C)(C)OC(=O)CN1C(=O)Cc2nnc(C3CCCCC3)n2-c2ccccc21. The molecule has 7 heteroatoms. The van der Waals surface area contributed by atoms with Crippen molar-refractivity contribution in [1.29, 1.82) is 0 Å². The van der Waals surface area contributed by atoms with Gasteiger partial charge in [0.2, 0.25) is 5.91 Å². The smallest absolute Gasteiger partial charge is 0.326 e. The zero-order valence-corrected chi connectivity index (χ0v) is 17.4. The van der Waals surface area contributed by atoms with E-state index >= 15 is 0 Å². The number of carbonyl (C=O) groups excluding carboxylic acids is 2. The maximum atomic E-state index is 13.1. The van der Waals surface area contributed by atoms with E-state index in [0.29, 0.717) is 17.4 Å². The van der Waals surface area contributed by atoms with E-state index in [-0.39, 0.29) is 18.9 Å². The quantitative estimate of drug-likeness (QED) is 0.742. The highest BCUT2D eigenvalue weighted by Crippen LogP contribution is 2.36. The number of rotatable bonds is 3. The van der Waals surface area contributed by atoms with Crippen molar-refractivity contribution in [2.45, 2.75) is 70.8 Å². The van der Waals surface area contributed by atoms with Crippen LogP contribution in [0.4, 0.5) is 5.69 Å². The van der Waals surface area contributed by atoms with Crippen molar-refractivity contribution in [3.8, 4) is 5.69 Å². The fourth-order valence-corrected chi connectivity index (χ4v) is 4.26. The van der Waals surface area contributed by atoms with Crippen molar-refractivity contribution in [2.24, 2.45) is 0 Å². The van der Waals surface area contributed by atoms with Crippen LogP contribution in [-0.4, -0.2) is 38.8 Å². The zero-order chi connectivity index (χ0) is 20.6. The van der Waals surface area contributed by atoms with Crippen LogP contribution < -0.4 is 4.90 Å². The molecule has 29 heavy (non-hydrogen) atoms. The first-order valence-corrected chi connectivity index (χ1v) is 10.4. The summed E-state index contributed by atoms with van der Waals surface area (Å²) in [6.45, 7) is 5.34. The van der Waals surface area contributed by atoms with Gasteiger partial charge in [0.15, 0.2) is 0 Å². The first-order valence-electron chi connectivity index (χ1n) is 10.4. The van der Waals surface area contributed by atoms with Gasteiger partial charge >= 0.3 is 5.97 Å². The Kier molecular flexibility index (Phi) is 5.15. The minimum Gasteiger partial charge on any atom is -0.459 e. The summed E-state index contributed by atoms with van der Waals surface area (Å²) in [5, 5.41) is 8.85. The molecule has 1 aliphatic carbocycles. The third kappa shape index (κ3) is 4.04. The number of para-hydroxylation sites is 2. The van der Waals surface area contributed by atoms with Crippen LogP contribution in [0.5, 0.6) is 0 Å². The van der Waals surface area contributed by atoms with Gasteiger partial charge in [0.25, 0.3) is 0 Å². The number of amides is 1. The van der Waals surface area contributed by atoms with Crippen LogP contribution in [0.25, 0.3) is 5.69 Å². The van der Waals surface area contributed by atoms with Crippen LogP contribution in [0, 0.1) is 0 Å². The minimum absolute atomic E-state index is 0.108. The highest BCUT2D eigenvalue weighted by Gasteiger charge is 2.33. The molecule has 2 aromatic rings. The van der Waals surface area contributed by atoms with E-state index in [0.717, 1.165) is 24.4 Å². The Bertz CT molecular complexity index is 922. The molecule has 1 aromatic heterocycles. The Morgan fingerprint density at radius 1 is 1.10 bits per heavy atom. The van der Waals surface area contributed by atoms with Crippen LogP contribution in [0.3, 0.4) is 0 Å². The lowest BCUT2D eigenvalue weighted by molar-refractivity contribution is -0.153. The molecule has 7 nitrogen and oxygen atoms in total. The molecular weight excluding hydrogens is 368 g/mol. The van der Waals surface area contributed by atoms with Crippen molar-refractivity contribution in [2.75, 3.05) is 11.4 Å². The molecule has 154 valence electrons. The van der Waals surface area contributed by atoms with Gasteiger partial charge in [0, 0.05) is 5.92 Å². The average molecular weight is 396 g/mol. The van der Waals surface area contributed by atoms with Gasteiger partial charge in [0.05, 0.1) is 17.8 Å². The van der Waals surface area contributed by atoms with Crippen LogP contribution >= 0.6 is 0 Å². The molecule has 2 heterocycles. The summed E-state index contributed by atoms with van der Waals surface area (Å²) in [5.74, 6) is 1.31. The van der Waals surface area contributed by atoms with Crippen molar-refractivity contribution in [3.63, 3.8) is 0 Å². The van der Waals surface area contributed by atoms with Gasteiger partial charge in [-0.15, -0.1) is 10.2 Å². The Morgan fingerprint density at radius 2 is 1.79 bits per heavy atom. The average Bonchev–Trinajstić information content (AvgIpc) is 3.04. The standard InChI is InChI=1S/C22H28N4O3/c1-22(2,3)29-20(28)14-25-16-11-7-8-12-17(16)26-18(13-19(25)27)23-24-21(26)15-9-5-4-6-10-15/h7-8,11-12,15H,4-6,9-10,13-14H2,1-3H3. The Labute approximate surface area is 171 Å². The van der Waals surface area contributed by atoms with Gasteiger partial charge in [-0.3, -0.25) is 19.1 Å². The van der Waals surface area contributed by atoms with Crippen molar-refractivity contribution >= 4 is 17.6 Å². The van der Waals surface area contributed by atoms with Gasteiger partial charge in [-0.1, -0.05) is 31.4 Å². The lowest BCUT2D eigenvalue weighted by Gasteiger charge is -2.26. The van der Waals surface area contributed by atoms with Gasteiger partial charge in [-0.25, -0.2) is 0 Å². The molecular formula is C22H28N4O3. The van der Waals surface area contributed by atoms with Gasteiger partial charge in [-0.2, -0.15) is 0 Å². The summed E-state index contributed by atoms with van der Waals surface area (Å²) in [6.07, 6.45) is 5.94. The van der Waals surface area contributed by atoms with Gasteiger partial charge < -0.3 is 4.74 Å². The number of anilines is 1. The second kappa shape index (κ2) is 7.61. The van der Waals surface area contributed by atoms with Crippen LogP contribution in [0.15, 0.2) is 24.3 Å². The molecule has 1 aromatic carbocycles. The second-order valence-electron chi connectivity index (χ2n) is 8.88. The van der Waals surface area contributed by atoms with E-state index in [1.165, 1.54) is 24.2 Å². The lowest BCUT2D eigenvalue weighted by atomic mass is 9.88. The highest BCUT2D eigenvalue weighted by atomic mass is 16.6. The third-order valence-electron chi connectivity index (χ3n) is 5.46. The van der Waals surface area contributed by atoms with E-state index in [1.807, 2.05) is 49.6 Å². The lowest BCUT2D eigenvalue weighted by Crippen LogP contribution is -2.39. The molecule has 0 unspecified atom stereocenters. The molecule has 4 rings (SSSR count). The number of ether oxygens (including phenoxy) is 1. The molecule has 0 radical (unpaired) electrons. The molecule has 0 spiro atoms. The first-order chi connectivity index (χ1) is 13.8.